The minimum Gasteiger partial charge on any atom is -0.375 e. The van der Waals surface area contributed by atoms with Crippen molar-refractivity contribution in [3.63, 3.8) is 0 Å². The zero-order chi connectivity index (χ0) is 12.3. The van der Waals surface area contributed by atoms with Crippen molar-refractivity contribution in [2.45, 2.75) is 31.7 Å². The second-order valence-corrected chi connectivity index (χ2v) is 4.13. The summed E-state index contributed by atoms with van der Waals surface area (Å²) in [6.45, 7) is -0.423. The number of hydrogen-bond donors (Lipinski definition) is 1. The average Bonchev–Trinajstić information content (AvgIpc) is 3.03. The number of nitrogens with two attached hydrogens (primary N) is 1. The fourth-order valence-electron chi connectivity index (χ4n) is 1.50. The lowest BCUT2D eigenvalue weighted by atomic mass is 10.2. The lowest BCUT2D eigenvalue weighted by molar-refractivity contribution is 0.0171. The third-order valence-electron chi connectivity index (χ3n) is 2.62. The van der Waals surface area contributed by atoms with E-state index in [0.29, 0.717) is 24.1 Å². The van der Waals surface area contributed by atoms with Crippen molar-refractivity contribution in [2.75, 3.05) is 13.2 Å². The highest BCUT2D eigenvalue weighted by molar-refractivity contribution is 4.99. The molecule has 0 amide bonds. The molecule has 5 nitrogen and oxygen atoms in total. The van der Waals surface area contributed by atoms with E-state index in [9.17, 15) is 8.78 Å². The Morgan fingerprint density at radius 1 is 1.47 bits per heavy atom. The molecule has 2 rings (SSSR count). The van der Waals surface area contributed by atoms with Crippen LogP contribution in [0.1, 0.15) is 30.6 Å². The fraction of sp³-hybridized carbons (Fsp3) is 0.800. The second-order valence-electron chi connectivity index (χ2n) is 4.13. The van der Waals surface area contributed by atoms with Gasteiger partial charge in [0.15, 0.2) is 5.82 Å². The van der Waals surface area contributed by atoms with Gasteiger partial charge in [-0.15, -0.1) is 0 Å². The Morgan fingerprint density at radius 3 is 2.88 bits per heavy atom. The van der Waals surface area contributed by atoms with Crippen LogP contribution in [0.5, 0.6) is 0 Å². The smallest absolute Gasteiger partial charge is 0.261 e. The number of hydrogen-bond acceptors (Lipinski definition) is 5. The van der Waals surface area contributed by atoms with Crippen molar-refractivity contribution in [1.29, 1.82) is 0 Å². The quantitative estimate of drug-likeness (QED) is 0.735. The number of nitrogens with zero attached hydrogens (tertiary/aromatic N) is 2. The van der Waals surface area contributed by atoms with Gasteiger partial charge in [-0.05, 0) is 18.8 Å². The van der Waals surface area contributed by atoms with Crippen molar-refractivity contribution in [2.24, 2.45) is 11.7 Å². The molecule has 0 radical (unpaired) electrons. The van der Waals surface area contributed by atoms with Gasteiger partial charge in [-0.3, -0.25) is 0 Å². The van der Waals surface area contributed by atoms with Gasteiger partial charge < -0.3 is 15.0 Å². The van der Waals surface area contributed by atoms with Crippen molar-refractivity contribution >= 4 is 0 Å². The van der Waals surface area contributed by atoms with E-state index in [-0.39, 0.29) is 12.6 Å². The van der Waals surface area contributed by atoms with Crippen LogP contribution in [-0.4, -0.2) is 29.8 Å². The molecule has 1 atom stereocenters. The molecule has 0 aliphatic heterocycles. The molecular formula is C10H15F2N3O2. The first-order valence-electron chi connectivity index (χ1n) is 5.60. The van der Waals surface area contributed by atoms with Crippen LogP contribution >= 0.6 is 0 Å². The van der Waals surface area contributed by atoms with E-state index in [1.54, 1.807) is 0 Å². The van der Waals surface area contributed by atoms with Gasteiger partial charge in [0.05, 0.1) is 19.1 Å². The maximum Gasteiger partial charge on any atom is 0.261 e. The molecule has 1 aliphatic carbocycles. The van der Waals surface area contributed by atoms with Gasteiger partial charge in [0.25, 0.3) is 6.43 Å². The Hall–Kier alpha value is -1.08. The molecule has 2 N–H and O–H groups in total. The van der Waals surface area contributed by atoms with Crippen LogP contribution in [0.4, 0.5) is 8.78 Å². The maximum atomic E-state index is 11.8. The first-order chi connectivity index (χ1) is 8.16. The zero-order valence-electron chi connectivity index (χ0n) is 9.31. The number of ether oxygens (including phenoxy) is 1. The molecule has 0 bridgehead atoms. The molecule has 0 aromatic carbocycles. The average molecular weight is 247 g/mol. The van der Waals surface area contributed by atoms with E-state index in [1.807, 2.05) is 0 Å². The third-order valence-corrected chi connectivity index (χ3v) is 2.62. The van der Waals surface area contributed by atoms with E-state index in [1.165, 1.54) is 0 Å². The largest absolute Gasteiger partial charge is 0.375 e. The number of alkyl halides is 2. The number of aromatic nitrogens is 2. The summed E-state index contributed by atoms with van der Waals surface area (Å²) in [6, 6.07) is -0.172. The lowest BCUT2D eigenvalue weighted by Crippen LogP contribution is -2.14. The van der Waals surface area contributed by atoms with Crippen LogP contribution in [0.25, 0.3) is 0 Å². The van der Waals surface area contributed by atoms with E-state index >= 15 is 0 Å². The minimum absolute atomic E-state index is 0.143. The van der Waals surface area contributed by atoms with E-state index < -0.39 is 13.0 Å². The third kappa shape index (κ3) is 3.71. The monoisotopic (exact) mass is 247 g/mol. The summed E-state index contributed by atoms with van der Waals surface area (Å²) in [4.78, 5) is 4.12. The van der Waals surface area contributed by atoms with Crippen LogP contribution in [0.15, 0.2) is 4.52 Å². The van der Waals surface area contributed by atoms with Crippen molar-refractivity contribution in [1.82, 2.24) is 10.1 Å². The number of rotatable bonds is 7. The SMILES string of the molecule is NC(c1noc(CCOCC(F)F)n1)C1CC1. The lowest BCUT2D eigenvalue weighted by Gasteiger charge is -2.02. The van der Waals surface area contributed by atoms with Crippen molar-refractivity contribution in [3.8, 4) is 0 Å². The molecule has 1 aromatic rings. The van der Waals surface area contributed by atoms with Gasteiger partial charge in [0.1, 0.15) is 6.61 Å². The highest BCUT2D eigenvalue weighted by Gasteiger charge is 2.32. The Morgan fingerprint density at radius 2 is 2.24 bits per heavy atom. The second kappa shape index (κ2) is 5.50. The summed E-state index contributed by atoms with van der Waals surface area (Å²) in [5.41, 5.74) is 5.89. The summed E-state index contributed by atoms with van der Waals surface area (Å²) in [5, 5.41) is 3.78. The minimum atomic E-state index is -2.45. The summed E-state index contributed by atoms with van der Waals surface area (Å²) in [7, 11) is 0. The van der Waals surface area contributed by atoms with E-state index in [4.69, 9.17) is 15.0 Å². The molecule has 96 valence electrons. The Kier molecular flexibility index (Phi) is 4.01. The molecule has 1 heterocycles. The van der Waals surface area contributed by atoms with E-state index in [0.717, 1.165) is 12.8 Å². The van der Waals surface area contributed by atoms with Crippen LogP contribution in [0.3, 0.4) is 0 Å². The van der Waals surface area contributed by atoms with Gasteiger partial charge in [-0.1, -0.05) is 5.16 Å². The van der Waals surface area contributed by atoms with E-state index in [2.05, 4.69) is 10.1 Å². The standard InChI is InChI=1S/C10H15F2N3O2/c11-7(12)5-16-4-3-8-14-10(15-17-8)9(13)6-1-2-6/h6-7,9H,1-5,13H2. The predicted octanol–water partition coefficient (Wildman–Crippen LogP) is 1.30. The van der Waals surface area contributed by atoms with Crippen LogP contribution in [-0.2, 0) is 11.2 Å². The van der Waals surface area contributed by atoms with Crippen molar-refractivity contribution < 1.29 is 18.0 Å². The first kappa shape index (κ1) is 12.4. The molecule has 1 aliphatic rings. The highest BCUT2D eigenvalue weighted by atomic mass is 19.3. The van der Waals surface area contributed by atoms with Crippen LogP contribution in [0, 0.1) is 5.92 Å². The highest BCUT2D eigenvalue weighted by Crippen LogP contribution is 2.38. The molecule has 17 heavy (non-hydrogen) atoms. The van der Waals surface area contributed by atoms with Gasteiger partial charge in [-0.25, -0.2) is 8.78 Å². The van der Waals surface area contributed by atoms with Gasteiger partial charge in [0.2, 0.25) is 5.89 Å². The summed E-state index contributed by atoms with van der Waals surface area (Å²) in [6.07, 6.45) is 0.0823. The normalized spacial score (nSPS) is 17.6. The summed E-state index contributed by atoms with van der Waals surface area (Å²) >= 11 is 0. The molecule has 1 aromatic heterocycles. The molecule has 1 unspecified atom stereocenters. The van der Waals surface area contributed by atoms with Crippen LogP contribution in [0.2, 0.25) is 0 Å². The van der Waals surface area contributed by atoms with Crippen LogP contribution < -0.4 is 5.73 Å². The Bertz CT molecular complexity index is 355. The van der Waals surface area contributed by atoms with Gasteiger partial charge in [-0.2, -0.15) is 4.98 Å². The maximum absolute atomic E-state index is 11.8. The predicted molar refractivity (Wildman–Crippen MR) is 54.5 cm³/mol. The summed E-state index contributed by atoms with van der Waals surface area (Å²) in [5.74, 6) is 1.33. The number of halogens is 2. The molecule has 7 heteroatoms. The van der Waals surface area contributed by atoms with Crippen molar-refractivity contribution in [3.05, 3.63) is 11.7 Å². The fourth-order valence-corrected chi connectivity index (χ4v) is 1.50. The van der Waals surface area contributed by atoms with Gasteiger partial charge in [0, 0.05) is 0 Å². The summed E-state index contributed by atoms with van der Waals surface area (Å²) < 4.78 is 33.2. The molecule has 0 saturated heterocycles. The topological polar surface area (TPSA) is 74.2 Å². The molecule has 1 fully saturated rings. The Labute approximate surface area is 97.3 Å². The molecule has 0 spiro atoms. The molecule has 1 saturated carbocycles. The molecular weight excluding hydrogens is 232 g/mol. The first-order valence-corrected chi connectivity index (χ1v) is 5.60. The Balaban J connectivity index is 1.74. The van der Waals surface area contributed by atoms with Gasteiger partial charge >= 0.3 is 0 Å². The zero-order valence-corrected chi connectivity index (χ0v) is 9.31.